The quantitative estimate of drug-likeness (QED) is 0.480. The van der Waals surface area contributed by atoms with Crippen LogP contribution >= 0.6 is 0 Å². The zero-order chi connectivity index (χ0) is 17.7. The first-order valence-electron chi connectivity index (χ1n) is 7.01. The van der Waals surface area contributed by atoms with Crippen molar-refractivity contribution in [1.82, 2.24) is 15.0 Å². The monoisotopic (exact) mass is 330 g/mol. The van der Waals surface area contributed by atoms with Crippen molar-refractivity contribution in [2.75, 3.05) is 43.4 Å². The topological polar surface area (TPSA) is 113 Å². The van der Waals surface area contributed by atoms with E-state index >= 15 is 0 Å². The molecule has 1 aromatic carbocycles. The fourth-order valence-electron chi connectivity index (χ4n) is 1.65. The van der Waals surface area contributed by atoms with Crippen LogP contribution in [0.15, 0.2) is 29.4 Å². The molecular weight excluding hydrogens is 312 g/mol. The molecule has 0 atom stereocenters. The highest BCUT2D eigenvalue weighted by molar-refractivity contribution is 5.80. The number of non-ortho nitro benzene ring substituents is 1. The summed E-state index contributed by atoms with van der Waals surface area (Å²) in [5, 5.41) is 14.7. The number of hydrogen-bond donors (Lipinski definition) is 1. The normalized spacial score (nSPS) is 10.7. The molecule has 0 saturated heterocycles. The molecule has 0 aliphatic heterocycles. The molecule has 0 aliphatic carbocycles. The molecule has 2 rings (SSSR count). The van der Waals surface area contributed by atoms with Gasteiger partial charge in [0.25, 0.3) is 5.69 Å². The van der Waals surface area contributed by atoms with Crippen molar-refractivity contribution in [3.8, 4) is 0 Å². The SMILES string of the molecule is CN(C)c1nc(NN=Cc2ccc([N+](=O)[O-])cc2)nc(N(C)C)n1. The van der Waals surface area contributed by atoms with E-state index in [1.807, 2.05) is 28.2 Å². The van der Waals surface area contributed by atoms with E-state index in [2.05, 4.69) is 25.5 Å². The number of aromatic nitrogens is 3. The molecule has 1 N–H and O–H groups in total. The van der Waals surface area contributed by atoms with E-state index < -0.39 is 4.92 Å². The van der Waals surface area contributed by atoms with Gasteiger partial charge in [0.15, 0.2) is 0 Å². The average Bonchev–Trinajstić information content (AvgIpc) is 2.55. The Morgan fingerprint density at radius 2 is 1.58 bits per heavy atom. The number of rotatable bonds is 6. The van der Waals surface area contributed by atoms with E-state index in [1.54, 1.807) is 21.9 Å². The summed E-state index contributed by atoms with van der Waals surface area (Å²) in [6.45, 7) is 0. The van der Waals surface area contributed by atoms with Crippen LogP contribution in [0.2, 0.25) is 0 Å². The van der Waals surface area contributed by atoms with Crippen molar-refractivity contribution in [3.05, 3.63) is 39.9 Å². The Labute approximate surface area is 139 Å². The van der Waals surface area contributed by atoms with Gasteiger partial charge in [0, 0.05) is 40.3 Å². The van der Waals surface area contributed by atoms with Crippen molar-refractivity contribution >= 4 is 29.7 Å². The maximum Gasteiger partial charge on any atom is 0.269 e. The van der Waals surface area contributed by atoms with Gasteiger partial charge in [0.2, 0.25) is 17.8 Å². The number of anilines is 3. The summed E-state index contributed by atoms with van der Waals surface area (Å²) in [4.78, 5) is 26.5. The second kappa shape index (κ2) is 7.31. The lowest BCUT2D eigenvalue weighted by Gasteiger charge is -2.15. The maximum absolute atomic E-state index is 10.6. The van der Waals surface area contributed by atoms with E-state index in [9.17, 15) is 10.1 Å². The molecule has 0 unspecified atom stereocenters. The molecule has 1 aromatic heterocycles. The van der Waals surface area contributed by atoms with Crippen molar-refractivity contribution < 1.29 is 4.92 Å². The molecule has 0 radical (unpaired) electrons. The second-order valence-electron chi connectivity index (χ2n) is 5.27. The minimum Gasteiger partial charge on any atom is -0.347 e. The van der Waals surface area contributed by atoms with Crippen LogP contribution < -0.4 is 15.2 Å². The molecule has 24 heavy (non-hydrogen) atoms. The lowest BCUT2D eigenvalue weighted by molar-refractivity contribution is -0.384. The van der Waals surface area contributed by atoms with Crippen molar-refractivity contribution in [1.29, 1.82) is 0 Å². The molecule has 126 valence electrons. The van der Waals surface area contributed by atoms with Crippen LogP contribution in [-0.2, 0) is 0 Å². The smallest absolute Gasteiger partial charge is 0.269 e. The zero-order valence-corrected chi connectivity index (χ0v) is 13.8. The van der Waals surface area contributed by atoms with Crippen molar-refractivity contribution in [2.24, 2.45) is 5.10 Å². The van der Waals surface area contributed by atoms with Crippen LogP contribution in [0.5, 0.6) is 0 Å². The molecule has 2 aromatic rings. The fraction of sp³-hybridized carbons (Fsp3) is 0.286. The summed E-state index contributed by atoms with van der Waals surface area (Å²) >= 11 is 0. The van der Waals surface area contributed by atoms with Crippen LogP contribution in [0.25, 0.3) is 0 Å². The largest absolute Gasteiger partial charge is 0.347 e. The van der Waals surface area contributed by atoms with Crippen LogP contribution in [0, 0.1) is 10.1 Å². The fourth-order valence-corrected chi connectivity index (χ4v) is 1.65. The maximum atomic E-state index is 10.6. The molecule has 0 spiro atoms. The Hall–Kier alpha value is -3.30. The van der Waals surface area contributed by atoms with Gasteiger partial charge in [0.05, 0.1) is 11.1 Å². The predicted octanol–water partition coefficient (Wildman–Crippen LogP) is 1.36. The third kappa shape index (κ3) is 4.35. The summed E-state index contributed by atoms with van der Waals surface area (Å²) in [6, 6.07) is 6.04. The lowest BCUT2D eigenvalue weighted by Crippen LogP contribution is -2.19. The average molecular weight is 330 g/mol. The number of nitrogens with zero attached hydrogens (tertiary/aromatic N) is 7. The van der Waals surface area contributed by atoms with Gasteiger partial charge in [0.1, 0.15) is 0 Å². The summed E-state index contributed by atoms with van der Waals surface area (Å²) in [6.07, 6.45) is 1.53. The van der Waals surface area contributed by atoms with Crippen molar-refractivity contribution in [3.63, 3.8) is 0 Å². The molecule has 10 nitrogen and oxygen atoms in total. The van der Waals surface area contributed by atoms with E-state index in [-0.39, 0.29) is 5.69 Å². The van der Waals surface area contributed by atoms with Crippen molar-refractivity contribution in [2.45, 2.75) is 0 Å². The Balaban J connectivity index is 2.14. The summed E-state index contributed by atoms with van der Waals surface area (Å²) in [5.74, 6) is 1.30. The molecule has 0 saturated carbocycles. The van der Waals surface area contributed by atoms with Gasteiger partial charge >= 0.3 is 0 Å². The van der Waals surface area contributed by atoms with E-state index in [1.165, 1.54) is 18.3 Å². The molecule has 0 fully saturated rings. The molecule has 0 bridgehead atoms. The summed E-state index contributed by atoms with van der Waals surface area (Å²) < 4.78 is 0. The summed E-state index contributed by atoms with van der Waals surface area (Å²) in [5.41, 5.74) is 3.48. The first kappa shape index (κ1) is 17.1. The van der Waals surface area contributed by atoms with Gasteiger partial charge in [-0.05, 0) is 17.7 Å². The zero-order valence-electron chi connectivity index (χ0n) is 13.8. The van der Waals surface area contributed by atoms with E-state index in [0.717, 1.165) is 0 Å². The second-order valence-corrected chi connectivity index (χ2v) is 5.27. The van der Waals surface area contributed by atoms with Crippen LogP contribution in [0.4, 0.5) is 23.5 Å². The van der Waals surface area contributed by atoms with Crippen LogP contribution in [-0.4, -0.2) is 54.3 Å². The Bertz CT molecular complexity index is 717. The number of nitro benzene ring substituents is 1. The predicted molar refractivity (Wildman–Crippen MR) is 92.8 cm³/mol. The number of nitro groups is 1. The van der Waals surface area contributed by atoms with Crippen LogP contribution in [0.3, 0.4) is 0 Å². The number of benzene rings is 1. The molecular formula is C14H18N8O2. The van der Waals surface area contributed by atoms with Gasteiger partial charge in [-0.3, -0.25) is 10.1 Å². The molecule has 10 heteroatoms. The molecule has 0 amide bonds. The number of hydrazone groups is 1. The number of hydrogen-bond acceptors (Lipinski definition) is 9. The first-order valence-corrected chi connectivity index (χ1v) is 7.01. The van der Waals surface area contributed by atoms with Gasteiger partial charge in [-0.25, -0.2) is 5.43 Å². The Morgan fingerprint density at radius 3 is 2.04 bits per heavy atom. The van der Waals surface area contributed by atoms with Crippen LogP contribution in [0.1, 0.15) is 5.56 Å². The minimum absolute atomic E-state index is 0.0313. The third-order valence-corrected chi connectivity index (χ3v) is 2.89. The highest BCUT2D eigenvalue weighted by Crippen LogP contribution is 2.13. The van der Waals surface area contributed by atoms with Gasteiger partial charge in [-0.1, -0.05) is 0 Å². The Kier molecular flexibility index (Phi) is 5.20. The van der Waals surface area contributed by atoms with E-state index in [4.69, 9.17) is 0 Å². The Morgan fingerprint density at radius 1 is 1.04 bits per heavy atom. The highest BCUT2D eigenvalue weighted by atomic mass is 16.6. The van der Waals surface area contributed by atoms with Gasteiger partial charge in [-0.2, -0.15) is 20.1 Å². The molecule has 1 heterocycles. The van der Waals surface area contributed by atoms with Gasteiger partial charge < -0.3 is 9.80 Å². The highest BCUT2D eigenvalue weighted by Gasteiger charge is 2.09. The van der Waals surface area contributed by atoms with Gasteiger partial charge in [-0.15, -0.1) is 0 Å². The standard InChI is InChI=1S/C14H18N8O2/c1-20(2)13-16-12(17-14(18-13)21(3)4)19-15-9-10-5-7-11(8-6-10)22(23)24/h5-9H,1-4H3,(H,16,17,18,19). The summed E-state index contributed by atoms with van der Waals surface area (Å²) in [7, 11) is 7.33. The van der Waals surface area contributed by atoms with E-state index in [0.29, 0.717) is 23.4 Å². The third-order valence-electron chi connectivity index (χ3n) is 2.89. The number of nitrogens with one attached hydrogen (secondary N) is 1. The first-order chi connectivity index (χ1) is 11.4. The minimum atomic E-state index is -0.449. The lowest BCUT2D eigenvalue weighted by atomic mass is 10.2. The molecule has 0 aliphatic rings.